The number of hydrogen-bond donors (Lipinski definition) is 1. The van der Waals surface area contributed by atoms with E-state index in [0.717, 1.165) is 38.5 Å². The van der Waals surface area contributed by atoms with Crippen molar-refractivity contribution in [2.24, 2.45) is 11.8 Å². The van der Waals surface area contributed by atoms with Gasteiger partial charge in [-0.2, -0.15) is 0 Å². The number of ketones is 2. The normalized spacial score (nSPS) is 19.7. The van der Waals surface area contributed by atoms with Crippen molar-refractivity contribution in [2.45, 2.75) is 64.7 Å². The maximum Gasteiger partial charge on any atom is 0.303 e. The van der Waals surface area contributed by atoms with Crippen LogP contribution in [0.2, 0.25) is 0 Å². The quantitative estimate of drug-likeness (QED) is 0.338. The Hall–Kier alpha value is -2.23. The first-order valence-electron chi connectivity index (χ1n) is 10.1. The van der Waals surface area contributed by atoms with Crippen molar-refractivity contribution >= 4 is 17.5 Å². The number of rotatable bonds is 11. The molecular weight excluding hydrogens is 340 g/mol. The zero-order chi connectivity index (χ0) is 19.6. The van der Waals surface area contributed by atoms with Gasteiger partial charge in [-0.1, -0.05) is 56.5 Å². The molecule has 146 valence electrons. The predicted molar refractivity (Wildman–Crippen MR) is 106 cm³/mol. The summed E-state index contributed by atoms with van der Waals surface area (Å²) in [6.45, 7) is 2.08. The lowest BCUT2D eigenvalue weighted by molar-refractivity contribution is -0.137. The maximum atomic E-state index is 12.4. The lowest BCUT2D eigenvalue weighted by atomic mass is 9.89. The number of aryl methyl sites for hydroxylation is 1. The van der Waals surface area contributed by atoms with E-state index in [2.05, 4.69) is 6.92 Å². The second-order valence-electron chi connectivity index (χ2n) is 7.40. The van der Waals surface area contributed by atoms with Gasteiger partial charge in [0.2, 0.25) is 0 Å². The molecule has 2 unspecified atom stereocenters. The summed E-state index contributed by atoms with van der Waals surface area (Å²) >= 11 is 0. The highest BCUT2D eigenvalue weighted by molar-refractivity contribution is 6.04. The number of hydrogen-bond acceptors (Lipinski definition) is 3. The highest BCUT2D eigenvalue weighted by Gasteiger charge is 2.32. The molecule has 2 rings (SSSR count). The topological polar surface area (TPSA) is 71.4 Å². The van der Waals surface area contributed by atoms with Gasteiger partial charge in [-0.25, -0.2) is 0 Å². The second-order valence-corrected chi connectivity index (χ2v) is 7.40. The van der Waals surface area contributed by atoms with Gasteiger partial charge >= 0.3 is 5.97 Å². The van der Waals surface area contributed by atoms with Crippen molar-refractivity contribution in [3.8, 4) is 0 Å². The zero-order valence-electron chi connectivity index (χ0n) is 16.2. The number of allylic oxidation sites excluding steroid dienone is 2. The molecule has 1 saturated carbocycles. The van der Waals surface area contributed by atoms with Gasteiger partial charge in [-0.05, 0) is 43.2 Å². The highest BCUT2D eigenvalue weighted by atomic mass is 16.4. The number of carbonyl (C=O) groups is 3. The summed E-state index contributed by atoms with van der Waals surface area (Å²) in [6, 6.07) is 7.68. The minimum Gasteiger partial charge on any atom is -0.481 e. The van der Waals surface area contributed by atoms with Crippen molar-refractivity contribution in [1.82, 2.24) is 0 Å². The Morgan fingerprint density at radius 2 is 1.81 bits per heavy atom. The average molecular weight is 370 g/mol. The smallest absolute Gasteiger partial charge is 0.303 e. The van der Waals surface area contributed by atoms with Crippen molar-refractivity contribution in [1.29, 1.82) is 0 Å². The number of unbranched alkanes of at least 4 members (excludes halogenated alkanes) is 3. The SMILES string of the molecule is CCc1ccc(C(=O)/C=C/C2CCC(=O)C2CCCCCCC(=O)O)cc1. The van der Waals surface area contributed by atoms with Crippen LogP contribution in [0.4, 0.5) is 0 Å². The molecule has 0 radical (unpaired) electrons. The van der Waals surface area contributed by atoms with Crippen LogP contribution in [-0.2, 0) is 16.0 Å². The fraction of sp³-hybridized carbons (Fsp3) is 0.522. The largest absolute Gasteiger partial charge is 0.481 e. The molecule has 0 amide bonds. The van der Waals surface area contributed by atoms with Gasteiger partial charge in [-0.15, -0.1) is 0 Å². The molecule has 1 aliphatic carbocycles. The Bertz CT molecular complexity index is 672. The fourth-order valence-corrected chi connectivity index (χ4v) is 3.75. The summed E-state index contributed by atoms with van der Waals surface area (Å²) in [5, 5.41) is 8.64. The van der Waals surface area contributed by atoms with Gasteiger partial charge in [0.05, 0.1) is 0 Å². The highest BCUT2D eigenvalue weighted by Crippen LogP contribution is 2.34. The van der Waals surface area contributed by atoms with Crippen LogP contribution in [0.15, 0.2) is 36.4 Å². The van der Waals surface area contributed by atoms with Crippen molar-refractivity contribution in [3.05, 3.63) is 47.5 Å². The van der Waals surface area contributed by atoms with E-state index in [9.17, 15) is 14.4 Å². The van der Waals surface area contributed by atoms with Crippen LogP contribution in [0.25, 0.3) is 0 Å². The monoisotopic (exact) mass is 370 g/mol. The van der Waals surface area contributed by atoms with Gasteiger partial charge in [0.1, 0.15) is 5.78 Å². The number of carbonyl (C=O) groups excluding carboxylic acids is 2. The first-order valence-corrected chi connectivity index (χ1v) is 10.1. The molecule has 0 bridgehead atoms. The third-order valence-electron chi connectivity index (χ3n) is 5.45. The predicted octanol–water partition coefficient (Wildman–Crippen LogP) is 5.01. The molecule has 4 heteroatoms. The van der Waals surface area contributed by atoms with Crippen molar-refractivity contribution in [3.63, 3.8) is 0 Å². The third-order valence-corrected chi connectivity index (χ3v) is 5.45. The van der Waals surface area contributed by atoms with E-state index in [-0.39, 0.29) is 24.0 Å². The Labute approximate surface area is 161 Å². The minimum absolute atomic E-state index is 0.00979. The molecule has 1 aromatic carbocycles. The maximum absolute atomic E-state index is 12.4. The van der Waals surface area contributed by atoms with E-state index in [4.69, 9.17) is 5.11 Å². The molecule has 1 aromatic rings. The molecule has 0 spiro atoms. The Kier molecular flexibility index (Phi) is 8.43. The van der Waals surface area contributed by atoms with Crippen LogP contribution in [0, 0.1) is 11.8 Å². The molecule has 0 aromatic heterocycles. The zero-order valence-corrected chi connectivity index (χ0v) is 16.2. The van der Waals surface area contributed by atoms with E-state index in [1.165, 1.54) is 5.56 Å². The fourth-order valence-electron chi connectivity index (χ4n) is 3.75. The summed E-state index contributed by atoms with van der Waals surface area (Å²) in [5.41, 5.74) is 1.89. The molecule has 0 saturated heterocycles. The summed E-state index contributed by atoms with van der Waals surface area (Å²) < 4.78 is 0. The van der Waals surface area contributed by atoms with Gasteiger partial charge in [0.15, 0.2) is 5.78 Å². The van der Waals surface area contributed by atoms with Crippen molar-refractivity contribution in [2.75, 3.05) is 0 Å². The Morgan fingerprint density at radius 3 is 2.48 bits per heavy atom. The van der Waals surface area contributed by atoms with Crippen LogP contribution in [0.5, 0.6) is 0 Å². The number of benzene rings is 1. The number of aliphatic carboxylic acids is 1. The van der Waals surface area contributed by atoms with E-state index in [1.807, 2.05) is 30.3 Å². The molecule has 1 aliphatic rings. The van der Waals surface area contributed by atoms with Gasteiger partial charge < -0.3 is 5.11 Å². The van der Waals surface area contributed by atoms with Gasteiger partial charge in [0.25, 0.3) is 0 Å². The second kappa shape index (κ2) is 10.8. The number of Topliss-reactive ketones (excluding diaryl/α,β-unsaturated/α-hetero) is 1. The van der Waals surface area contributed by atoms with E-state index >= 15 is 0 Å². The Morgan fingerprint density at radius 1 is 1.11 bits per heavy atom. The molecule has 0 aliphatic heterocycles. The minimum atomic E-state index is -0.750. The number of carboxylic acid groups (broad SMARTS) is 1. The van der Waals surface area contributed by atoms with Gasteiger partial charge in [0, 0.05) is 24.3 Å². The lowest BCUT2D eigenvalue weighted by Gasteiger charge is -2.14. The molecule has 27 heavy (non-hydrogen) atoms. The van der Waals surface area contributed by atoms with E-state index in [0.29, 0.717) is 24.2 Å². The summed E-state index contributed by atoms with van der Waals surface area (Å²) in [7, 11) is 0. The molecule has 0 heterocycles. The molecule has 4 nitrogen and oxygen atoms in total. The first kappa shape index (κ1) is 21.1. The van der Waals surface area contributed by atoms with Crippen LogP contribution < -0.4 is 0 Å². The first-order chi connectivity index (χ1) is 13.0. The third kappa shape index (κ3) is 6.78. The summed E-state index contributed by atoms with van der Waals surface area (Å²) in [5.74, 6) is -0.300. The van der Waals surface area contributed by atoms with Crippen LogP contribution >= 0.6 is 0 Å². The van der Waals surface area contributed by atoms with Gasteiger partial charge in [-0.3, -0.25) is 14.4 Å². The lowest BCUT2D eigenvalue weighted by Crippen LogP contribution is -2.13. The molecule has 1 N–H and O–H groups in total. The van der Waals surface area contributed by atoms with Crippen LogP contribution in [0.3, 0.4) is 0 Å². The number of carboxylic acids is 1. The molecule has 1 fully saturated rings. The van der Waals surface area contributed by atoms with Crippen LogP contribution in [-0.4, -0.2) is 22.6 Å². The van der Waals surface area contributed by atoms with E-state index < -0.39 is 5.97 Å². The summed E-state index contributed by atoms with van der Waals surface area (Å²) in [4.78, 5) is 35.0. The molecular formula is C23H30O4. The van der Waals surface area contributed by atoms with Crippen molar-refractivity contribution < 1.29 is 19.5 Å². The molecule has 2 atom stereocenters. The summed E-state index contributed by atoms with van der Waals surface area (Å²) in [6.07, 6.45) is 10.5. The Balaban J connectivity index is 1.82. The van der Waals surface area contributed by atoms with Crippen LogP contribution in [0.1, 0.15) is 74.2 Å². The standard InChI is InChI=1S/C23H30O4/c1-2-17-9-11-19(12-10-17)21(24)15-13-18-14-16-22(25)20(18)7-5-3-4-6-8-23(26)27/h9-13,15,18,20H,2-8,14,16H2,1H3,(H,26,27)/b15-13+. The van der Waals surface area contributed by atoms with E-state index in [1.54, 1.807) is 6.08 Å². The average Bonchev–Trinajstić information content (AvgIpc) is 3.02.